The zero-order valence-electron chi connectivity index (χ0n) is 10.4. The topological polar surface area (TPSA) is 72.2 Å². The number of nitrogens with zero attached hydrogens (tertiary/aromatic N) is 1. The Morgan fingerprint density at radius 3 is 2.79 bits per heavy atom. The molecule has 0 radical (unpaired) electrons. The molecule has 0 fully saturated rings. The summed E-state index contributed by atoms with van der Waals surface area (Å²) < 4.78 is 0. The molecular formula is C12H14BrClN2O3. The second-order valence-corrected chi connectivity index (χ2v) is 5.20. The van der Waals surface area contributed by atoms with Gasteiger partial charge in [0.05, 0.1) is 4.92 Å². The van der Waals surface area contributed by atoms with Crippen molar-refractivity contribution in [1.82, 2.24) is 5.32 Å². The highest BCUT2D eigenvalue weighted by Crippen LogP contribution is 2.23. The molecule has 1 N–H and O–H groups in total. The van der Waals surface area contributed by atoms with Crippen molar-refractivity contribution in [3.8, 4) is 0 Å². The minimum absolute atomic E-state index is 0.0119. The van der Waals surface area contributed by atoms with Crippen molar-refractivity contribution >= 4 is 39.1 Å². The molecular weight excluding hydrogens is 336 g/mol. The lowest BCUT2D eigenvalue weighted by molar-refractivity contribution is -0.385. The average Bonchev–Trinajstić information content (AvgIpc) is 2.37. The SMILES string of the molecule is CCC(CCBr)NC(=O)c1ccc(Cl)cc1[N+](=O)[O-]. The number of carbonyl (C=O) groups is 1. The first-order chi connectivity index (χ1) is 8.99. The van der Waals surface area contributed by atoms with Crippen LogP contribution in [0.1, 0.15) is 30.1 Å². The molecule has 104 valence electrons. The molecule has 0 saturated carbocycles. The molecule has 0 aliphatic carbocycles. The number of halogens is 2. The molecule has 1 aromatic carbocycles. The van der Waals surface area contributed by atoms with Crippen LogP contribution < -0.4 is 5.32 Å². The first kappa shape index (κ1) is 15.9. The molecule has 5 nitrogen and oxygen atoms in total. The van der Waals surface area contributed by atoms with Crippen LogP contribution in [0.2, 0.25) is 5.02 Å². The van der Waals surface area contributed by atoms with E-state index in [1.807, 2.05) is 6.92 Å². The number of amides is 1. The van der Waals surface area contributed by atoms with Crippen LogP contribution in [0.5, 0.6) is 0 Å². The number of nitro groups is 1. The molecule has 0 aromatic heterocycles. The number of hydrogen-bond donors (Lipinski definition) is 1. The van der Waals surface area contributed by atoms with Gasteiger partial charge in [0, 0.05) is 22.5 Å². The summed E-state index contributed by atoms with van der Waals surface area (Å²) in [5, 5.41) is 14.7. The second-order valence-electron chi connectivity index (χ2n) is 3.97. The molecule has 0 saturated heterocycles. The molecule has 1 aromatic rings. The van der Waals surface area contributed by atoms with Crippen LogP contribution in [0.25, 0.3) is 0 Å². The van der Waals surface area contributed by atoms with Crippen LogP contribution in [0.15, 0.2) is 18.2 Å². The summed E-state index contributed by atoms with van der Waals surface area (Å²) in [6.45, 7) is 1.95. The maximum atomic E-state index is 12.1. The normalized spacial score (nSPS) is 11.9. The van der Waals surface area contributed by atoms with Crippen molar-refractivity contribution in [2.24, 2.45) is 0 Å². The Kier molecular flexibility index (Phi) is 6.24. The van der Waals surface area contributed by atoms with Gasteiger partial charge in [0.1, 0.15) is 5.56 Å². The number of rotatable bonds is 6. The summed E-state index contributed by atoms with van der Waals surface area (Å²) in [6.07, 6.45) is 1.53. The van der Waals surface area contributed by atoms with E-state index in [9.17, 15) is 14.9 Å². The Morgan fingerprint density at radius 2 is 2.26 bits per heavy atom. The molecule has 1 rings (SSSR count). The van der Waals surface area contributed by atoms with E-state index in [2.05, 4.69) is 21.2 Å². The van der Waals surface area contributed by atoms with E-state index in [-0.39, 0.29) is 22.3 Å². The smallest absolute Gasteiger partial charge is 0.283 e. The number of hydrogen-bond acceptors (Lipinski definition) is 3. The quantitative estimate of drug-likeness (QED) is 0.485. The van der Waals surface area contributed by atoms with Crippen molar-refractivity contribution in [1.29, 1.82) is 0 Å². The molecule has 0 aliphatic rings. The van der Waals surface area contributed by atoms with Crippen molar-refractivity contribution in [3.05, 3.63) is 38.9 Å². The molecule has 0 aliphatic heterocycles. The summed E-state index contributed by atoms with van der Waals surface area (Å²) in [5.74, 6) is -0.448. The van der Waals surface area contributed by atoms with E-state index in [4.69, 9.17) is 11.6 Å². The number of alkyl halides is 1. The van der Waals surface area contributed by atoms with Gasteiger partial charge in [-0.05, 0) is 25.0 Å². The largest absolute Gasteiger partial charge is 0.349 e. The fourth-order valence-electron chi connectivity index (χ4n) is 1.62. The third-order valence-corrected chi connectivity index (χ3v) is 3.38. The van der Waals surface area contributed by atoms with Crippen LogP contribution in [0, 0.1) is 10.1 Å². The monoisotopic (exact) mass is 348 g/mol. The van der Waals surface area contributed by atoms with Gasteiger partial charge in [-0.15, -0.1) is 0 Å². The van der Waals surface area contributed by atoms with Crippen molar-refractivity contribution in [3.63, 3.8) is 0 Å². The molecule has 1 atom stereocenters. The number of nitro benzene ring substituents is 1. The summed E-state index contributed by atoms with van der Waals surface area (Å²) in [6, 6.07) is 4.01. The summed E-state index contributed by atoms with van der Waals surface area (Å²) in [5.41, 5.74) is -0.249. The molecule has 0 bridgehead atoms. The number of benzene rings is 1. The molecule has 1 unspecified atom stereocenters. The molecule has 1 amide bonds. The van der Waals surface area contributed by atoms with Crippen LogP contribution >= 0.6 is 27.5 Å². The van der Waals surface area contributed by atoms with E-state index in [1.54, 1.807) is 0 Å². The lowest BCUT2D eigenvalue weighted by Crippen LogP contribution is -2.35. The molecule has 0 spiro atoms. The van der Waals surface area contributed by atoms with Gasteiger partial charge in [-0.1, -0.05) is 34.5 Å². The van der Waals surface area contributed by atoms with E-state index in [1.165, 1.54) is 18.2 Å². The lowest BCUT2D eigenvalue weighted by atomic mass is 10.1. The highest BCUT2D eigenvalue weighted by atomic mass is 79.9. The predicted molar refractivity (Wildman–Crippen MR) is 78.1 cm³/mol. The van der Waals surface area contributed by atoms with Gasteiger partial charge in [-0.3, -0.25) is 14.9 Å². The van der Waals surface area contributed by atoms with E-state index >= 15 is 0 Å². The minimum atomic E-state index is -0.605. The summed E-state index contributed by atoms with van der Waals surface area (Å²) >= 11 is 9.01. The first-order valence-electron chi connectivity index (χ1n) is 5.80. The number of nitrogens with one attached hydrogen (secondary N) is 1. The Bertz CT molecular complexity index is 482. The standard InChI is InChI=1S/C12H14BrClN2O3/c1-2-9(5-6-13)15-12(17)10-4-3-8(14)7-11(10)16(18)19/h3-4,7,9H,2,5-6H2,1H3,(H,15,17). The minimum Gasteiger partial charge on any atom is -0.349 e. The zero-order chi connectivity index (χ0) is 14.4. The Hall–Kier alpha value is -1.14. The van der Waals surface area contributed by atoms with Gasteiger partial charge in [-0.2, -0.15) is 0 Å². The summed E-state index contributed by atoms with van der Waals surface area (Å²) in [4.78, 5) is 22.4. The molecule has 7 heteroatoms. The van der Waals surface area contributed by atoms with E-state index in [0.29, 0.717) is 0 Å². The van der Waals surface area contributed by atoms with E-state index in [0.717, 1.165) is 18.2 Å². The Balaban J connectivity index is 2.96. The molecule has 19 heavy (non-hydrogen) atoms. The average molecular weight is 350 g/mol. The van der Waals surface area contributed by atoms with Crippen molar-refractivity contribution in [2.45, 2.75) is 25.8 Å². The van der Waals surface area contributed by atoms with Gasteiger partial charge >= 0.3 is 0 Å². The van der Waals surface area contributed by atoms with Gasteiger partial charge in [0.2, 0.25) is 0 Å². The fourth-order valence-corrected chi connectivity index (χ4v) is 2.34. The number of carbonyl (C=O) groups excluding carboxylic acids is 1. The zero-order valence-corrected chi connectivity index (χ0v) is 12.7. The predicted octanol–water partition coefficient (Wildman–Crippen LogP) is 3.54. The molecule has 0 heterocycles. The van der Waals surface area contributed by atoms with Gasteiger partial charge < -0.3 is 5.32 Å². The second kappa shape index (κ2) is 7.45. The maximum absolute atomic E-state index is 12.1. The van der Waals surface area contributed by atoms with Gasteiger partial charge in [0.15, 0.2) is 0 Å². The first-order valence-corrected chi connectivity index (χ1v) is 7.30. The van der Waals surface area contributed by atoms with Crippen LogP contribution in [-0.2, 0) is 0 Å². The van der Waals surface area contributed by atoms with Gasteiger partial charge in [0.25, 0.3) is 11.6 Å². The van der Waals surface area contributed by atoms with Gasteiger partial charge in [-0.25, -0.2) is 0 Å². The van der Waals surface area contributed by atoms with Crippen LogP contribution in [0.4, 0.5) is 5.69 Å². The van der Waals surface area contributed by atoms with E-state index < -0.39 is 10.8 Å². The highest BCUT2D eigenvalue weighted by Gasteiger charge is 2.22. The third kappa shape index (κ3) is 4.47. The highest BCUT2D eigenvalue weighted by molar-refractivity contribution is 9.09. The fraction of sp³-hybridized carbons (Fsp3) is 0.417. The maximum Gasteiger partial charge on any atom is 0.283 e. The Morgan fingerprint density at radius 1 is 1.58 bits per heavy atom. The van der Waals surface area contributed by atoms with Crippen LogP contribution in [-0.4, -0.2) is 22.2 Å². The van der Waals surface area contributed by atoms with Crippen molar-refractivity contribution < 1.29 is 9.72 Å². The lowest BCUT2D eigenvalue weighted by Gasteiger charge is -2.15. The van der Waals surface area contributed by atoms with Crippen LogP contribution in [0.3, 0.4) is 0 Å². The Labute approximate surface area is 124 Å². The summed E-state index contributed by atoms with van der Waals surface area (Å²) in [7, 11) is 0. The third-order valence-electron chi connectivity index (χ3n) is 2.69. The van der Waals surface area contributed by atoms with Crippen molar-refractivity contribution in [2.75, 3.05) is 5.33 Å².